The lowest BCUT2D eigenvalue weighted by Gasteiger charge is -2.37. The second-order valence-electron chi connectivity index (χ2n) is 9.82. The average molecular weight is 525 g/mol. The first-order valence-electron chi connectivity index (χ1n) is 12.9. The molecule has 0 radical (unpaired) electrons. The molecule has 3 atom stereocenters. The second-order valence-corrected chi connectivity index (χ2v) is 9.82. The monoisotopic (exact) mass is 524 g/mol. The fourth-order valence-corrected chi connectivity index (χ4v) is 5.09. The highest BCUT2D eigenvalue weighted by Gasteiger charge is 2.27. The van der Waals surface area contributed by atoms with Crippen molar-refractivity contribution in [2.24, 2.45) is 4.99 Å². The minimum atomic E-state index is -0.588. The number of hydrogen-bond donors (Lipinski definition) is 2. The fraction of sp³-hybridized carbons (Fsp3) is 0.233. The third kappa shape index (κ3) is 5.13. The zero-order valence-electron chi connectivity index (χ0n) is 21.8. The Morgan fingerprint density at radius 3 is 2.49 bits per heavy atom. The van der Waals surface area contributed by atoms with Gasteiger partial charge in [0.15, 0.2) is 6.17 Å². The smallest absolute Gasteiger partial charge is 0.317 e. The number of anilines is 3. The third-order valence-corrected chi connectivity index (χ3v) is 6.75. The van der Waals surface area contributed by atoms with Crippen LogP contribution in [0.4, 0.5) is 21.8 Å². The summed E-state index contributed by atoms with van der Waals surface area (Å²) in [7, 11) is 0. The van der Waals surface area contributed by atoms with Gasteiger partial charge in [0.25, 0.3) is 5.89 Å². The number of aliphatic imine (C=N–C) groups is 1. The lowest BCUT2D eigenvalue weighted by molar-refractivity contribution is -0.00521. The molecule has 4 aromatic rings. The SMILES string of the molecule is C=C1Nc2ccccc2C(c2ccccc2)=N[C@@H]1Nc1nnc(-c2ccc(F)cc2N2C[C@@H](C)O[C@@H](C)C2)o1. The quantitative estimate of drug-likeness (QED) is 0.346. The molecule has 2 N–H and O–H groups in total. The van der Waals surface area contributed by atoms with Gasteiger partial charge < -0.3 is 24.7 Å². The maximum absolute atomic E-state index is 14.3. The molecule has 0 bridgehead atoms. The molecule has 0 saturated carbocycles. The van der Waals surface area contributed by atoms with Gasteiger partial charge >= 0.3 is 6.01 Å². The zero-order valence-corrected chi connectivity index (χ0v) is 21.8. The molecule has 8 nitrogen and oxygen atoms in total. The van der Waals surface area contributed by atoms with Gasteiger partial charge in [0.05, 0.1) is 34.9 Å². The summed E-state index contributed by atoms with van der Waals surface area (Å²) >= 11 is 0. The highest BCUT2D eigenvalue weighted by molar-refractivity contribution is 6.16. The Hall–Kier alpha value is -4.50. The Morgan fingerprint density at radius 1 is 0.949 bits per heavy atom. The topological polar surface area (TPSA) is 87.8 Å². The summed E-state index contributed by atoms with van der Waals surface area (Å²) in [5.41, 5.74) is 5.63. The summed E-state index contributed by atoms with van der Waals surface area (Å²) in [5.74, 6) is -0.0522. The molecule has 1 aromatic heterocycles. The minimum absolute atomic E-state index is 0.0133. The molecule has 9 heteroatoms. The Morgan fingerprint density at radius 2 is 1.69 bits per heavy atom. The van der Waals surface area contributed by atoms with Crippen LogP contribution in [-0.4, -0.2) is 47.4 Å². The number of nitrogens with zero attached hydrogens (tertiary/aromatic N) is 4. The Labute approximate surface area is 226 Å². The number of ether oxygens (including phenoxy) is 1. The summed E-state index contributed by atoms with van der Waals surface area (Å²) in [6.07, 6.45) is -0.562. The predicted molar refractivity (Wildman–Crippen MR) is 151 cm³/mol. The number of fused-ring (bicyclic) bond motifs is 1. The van der Waals surface area contributed by atoms with Crippen LogP contribution in [0.3, 0.4) is 0 Å². The molecule has 39 heavy (non-hydrogen) atoms. The molecular formula is C30H29FN6O2. The van der Waals surface area contributed by atoms with Crippen molar-refractivity contribution in [2.45, 2.75) is 32.2 Å². The summed E-state index contributed by atoms with van der Waals surface area (Å²) in [4.78, 5) is 7.11. The molecule has 0 unspecified atom stereocenters. The number of hydrogen-bond acceptors (Lipinski definition) is 8. The molecule has 198 valence electrons. The first-order chi connectivity index (χ1) is 18.9. The van der Waals surface area contributed by atoms with E-state index in [2.05, 4.69) is 32.3 Å². The van der Waals surface area contributed by atoms with Gasteiger partial charge in [-0.05, 0) is 38.1 Å². The van der Waals surface area contributed by atoms with Crippen LogP contribution < -0.4 is 15.5 Å². The van der Waals surface area contributed by atoms with Crippen molar-refractivity contribution in [3.63, 3.8) is 0 Å². The number of aromatic nitrogens is 2. The van der Waals surface area contributed by atoms with E-state index in [1.165, 1.54) is 12.1 Å². The van der Waals surface area contributed by atoms with Crippen LogP contribution in [-0.2, 0) is 4.74 Å². The standard InChI is InChI=1S/C30H29FN6O2/c1-18-16-37(17-19(2)38-18)26-15-22(31)13-14-24(26)29-35-36-30(39-29)34-28-20(3)32-25-12-8-7-11-23(25)27(33-28)21-9-5-4-6-10-21/h4-15,18-19,28,32H,3,16-17H2,1-2H3,(H,34,36)/t18-,19+,28-/m1/s1. The summed E-state index contributed by atoms with van der Waals surface area (Å²) in [5, 5.41) is 15.1. The first-order valence-corrected chi connectivity index (χ1v) is 12.9. The van der Waals surface area contributed by atoms with Crippen LogP contribution >= 0.6 is 0 Å². The van der Waals surface area contributed by atoms with E-state index in [0.717, 1.165) is 22.5 Å². The van der Waals surface area contributed by atoms with Crippen LogP contribution in [0.2, 0.25) is 0 Å². The van der Waals surface area contributed by atoms with E-state index in [9.17, 15) is 4.39 Å². The number of benzene rings is 3. The highest BCUT2D eigenvalue weighted by Crippen LogP contribution is 2.34. The van der Waals surface area contributed by atoms with E-state index >= 15 is 0 Å². The lowest BCUT2D eigenvalue weighted by Crippen LogP contribution is -2.45. The van der Waals surface area contributed by atoms with Gasteiger partial charge in [0, 0.05) is 29.9 Å². The number of halogens is 1. The van der Waals surface area contributed by atoms with Crippen molar-refractivity contribution in [3.05, 3.63) is 102 Å². The molecular weight excluding hydrogens is 495 g/mol. The van der Waals surface area contributed by atoms with Crippen LogP contribution in [0.1, 0.15) is 25.0 Å². The highest BCUT2D eigenvalue weighted by atomic mass is 19.1. The average Bonchev–Trinajstić information content (AvgIpc) is 3.34. The van der Waals surface area contributed by atoms with E-state index in [0.29, 0.717) is 30.0 Å². The fourth-order valence-electron chi connectivity index (χ4n) is 5.09. The Balaban J connectivity index is 1.32. The van der Waals surface area contributed by atoms with E-state index in [4.69, 9.17) is 14.1 Å². The molecule has 2 aliphatic heterocycles. The van der Waals surface area contributed by atoms with Gasteiger partial charge in [-0.2, -0.15) is 0 Å². The van der Waals surface area contributed by atoms with E-state index in [1.807, 2.05) is 68.4 Å². The molecule has 3 heterocycles. The van der Waals surface area contributed by atoms with Crippen LogP contribution in [0.15, 0.2) is 94.5 Å². The van der Waals surface area contributed by atoms with Gasteiger partial charge in [-0.15, -0.1) is 5.10 Å². The predicted octanol–water partition coefficient (Wildman–Crippen LogP) is 5.70. The van der Waals surface area contributed by atoms with Crippen LogP contribution in [0.25, 0.3) is 11.5 Å². The van der Waals surface area contributed by atoms with Crippen molar-refractivity contribution >= 4 is 23.1 Å². The van der Waals surface area contributed by atoms with E-state index < -0.39 is 6.17 Å². The molecule has 6 rings (SSSR count). The maximum Gasteiger partial charge on any atom is 0.317 e. The number of morpholine rings is 1. The van der Waals surface area contributed by atoms with Gasteiger partial charge in [-0.3, -0.25) is 4.99 Å². The first kappa shape index (κ1) is 24.8. The number of para-hydroxylation sites is 1. The van der Waals surface area contributed by atoms with Crippen molar-refractivity contribution in [2.75, 3.05) is 28.6 Å². The van der Waals surface area contributed by atoms with E-state index in [1.54, 1.807) is 6.07 Å². The summed E-state index contributed by atoms with van der Waals surface area (Å²) < 4.78 is 26.2. The van der Waals surface area contributed by atoms with Crippen molar-refractivity contribution in [3.8, 4) is 11.5 Å². The third-order valence-electron chi connectivity index (χ3n) is 6.75. The van der Waals surface area contributed by atoms with Gasteiger partial charge in [0.2, 0.25) is 0 Å². The molecule has 0 spiro atoms. The van der Waals surface area contributed by atoms with Crippen LogP contribution in [0.5, 0.6) is 0 Å². The molecule has 0 amide bonds. The zero-order chi connectivity index (χ0) is 26.9. The molecule has 1 saturated heterocycles. The van der Waals surface area contributed by atoms with Crippen molar-refractivity contribution in [1.82, 2.24) is 10.2 Å². The summed E-state index contributed by atoms with van der Waals surface area (Å²) in [6, 6.07) is 22.7. The normalized spacial score (nSPS) is 21.0. The number of rotatable bonds is 5. The molecule has 2 aliphatic rings. The molecule has 3 aromatic carbocycles. The maximum atomic E-state index is 14.3. The van der Waals surface area contributed by atoms with Crippen molar-refractivity contribution < 1.29 is 13.5 Å². The Kier molecular flexibility index (Phi) is 6.58. The summed E-state index contributed by atoms with van der Waals surface area (Å²) in [6.45, 7) is 9.49. The largest absolute Gasteiger partial charge is 0.403 e. The van der Waals surface area contributed by atoms with Gasteiger partial charge in [-0.25, -0.2) is 4.39 Å². The van der Waals surface area contributed by atoms with E-state index in [-0.39, 0.29) is 29.9 Å². The lowest BCUT2D eigenvalue weighted by atomic mass is 10.0. The molecule has 1 fully saturated rings. The number of nitrogens with one attached hydrogen (secondary N) is 2. The van der Waals surface area contributed by atoms with Crippen LogP contribution in [0, 0.1) is 5.82 Å². The van der Waals surface area contributed by atoms with Gasteiger partial charge in [-0.1, -0.05) is 60.2 Å². The molecule has 0 aliphatic carbocycles. The number of benzodiazepines with no additional fused rings is 1. The Bertz CT molecular complexity index is 1530. The van der Waals surface area contributed by atoms with Gasteiger partial charge in [0.1, 0.15) is 5.82 Å². The van der Waals surface area contributed by atoms with Crippen molar-refractivity contribution in [1.29, 1.82) is 0 Å². The minimum Gasteiger partial charge on any atom is -0.403 e. The second kappa shape index (κ2) is 10.3.